The topological polar surface area (TPSA) is 32.3 Å². The summed E-state index contributed by atoms with van der Waals surface area (Å²) in [6, 6.07) is 0.697. The van der Waals surface area contributed by atoms with E-state index in [9.17, 15) is 4.79 Å². The fourth-order valence-corrected chi connectivity index (χ4v) is 2.86. The standard InChI is InChI=1S/C11H22N2OS.ClH/c1-4-13(9(2)3)11(14)7-10-8-15-6-5-12-10;/h9-10,12H,4-8H2,1-3H3;1H. The quantitative estimate of drug-likeness (QED) is 0.842. The van der Waals surface area contributed by atoms with Gasteiger partial charge in [0.1, 0.15) is 0 Å². The lowest BCUT2D eigenvalue weighted by Crippen LogP contribution is -2.44. The summed E-state index contributed by atoms with van der Waals surface area (Å²) in [5, 5.41) is 3.40. The molecule has 5 heteroatoms. The highest BCUT2D eigenvalue weighted by molar-refractivity contribution is 7.99. The molecule has 0 spiro atoms. The molecule has 0 bridgehead atoms. The third-order valence-corrected chi connectivity index (χ3v) is 3.83. The van der Waals surface area contributed by atoms with E-state index in [1.54, 1.807) is 0 Å². The van der Waals surface area contributed by atoms with Crippen LogP contribution in [0.4, 0.5) is 0 Å². The molecule has 1 aliphatic rings. The smallest absolute Gasteiger partial charge is 0.224 e. The first-order chi connectivity index (χ1) is 7.15. The van der Waals surface area contributed by atoms with E-state index >= 15 is 0 Å². The normalized spacial score (nSPS) is 20.4. The van der Waals surface area contributed by atoms with Crippen molar-refractivity contribution >= 4 is 30.1 Å². The van der Waals surface area contributed by atoms with Crippen molar-refractivity contribution in [2.75, 3.05) is 24.6 Å². The molecule has 0 aromatic carbocycles. The van der Waals surface area contributed by atoms with E-state index in [0.717, 1.165) is 18.8 Å². The monoisotopic (exact) mass is 266 g/mol. The molecule has 0 aromatic rings. The summed E-state index contributed by atoms with van der Waals surface area (Å²) in [5.41, 5.74) is 0. The fourth-order valence-electron chi connectivity index (χ4n) is 1.91. The lowest BCUT2D eigenvalue weighted by Gasteiger charge is -2.29. The molecule has 1 rings (SSSR count). The minimum absolute atomic E-state index is 0. The van der Waals surface area contributed by atoms with Gasteiger partial charge in [-0.3, -0.25) is 4.79 Å². The molecule has 1 amide bonds. The van der Waals surface area contributed by atoms with Gasteiger partial charge in [0.2, 0.25) is 5.91 Å². The summed E-state index contributed by atoms with van der Waals surface area (Å²) in [7, 11) is 0. The Morgan fingerprint density at radius 3 is 2.69 bits per heavy atom. The Hall–Kier alpha value is 0.0700. The summed E-state index contributed by atoms with van der Waals surface area (Å²) >= 11 is 1.94. The maximum absolute atomic E-state index is 12.0. The zero-order chi connectivity index (χ0) is 11.3. The molecule has 0 aromatic heterocycles. The second kappa shape index (κ2) is 8.20. The highest BCUT2D eigenvalue weighted by atomic mass is 35.5. The first-order valence-corrected chi connectivity index (χ1v) is 6.91. The number of hydrogen-bond acceptors (Lipinski definition) is 3. The predicted molar refractivity (Wildman–Crippen MR) is 73.5 cm³/mol. The molecule has 1 unspecified atom stereocenters. The first kappa shape index (κ1) is 16.1. The maximum atomic E-state index is 12.0. The number of amides is 1. The number of nitrogens with one attached hydrogen (secondary N) is 1. The number of carbonyl (C=O) groups is 1. The second-order valence-electron chi connectivity index (χ2n) is 4.20. The van der Waals surface area contributed by atoms with Crippen LogP contribution in [0.1, 0.15) is 27.2 Å². The summed E-state index contributed by atoms with van der Waals surface area (Å²) in [6.07, 6.45) is 0.652. The molecule has 1 fully saturated rings. The van der Waals surface area contributed by atoms with Gasteiger partial charge in [0.15, 0.2) is 0 Å². The van der Waals surface area contributed by atoms with Gasteiger partial charge < -0.3 is 10.2 Å². The number of halogens is 1. The van der Waals surface area contributed by atoms with Gasteiger partial charge >= 0.3 is 0 Å². The first-order valence-electron chi connectivity index (χ1n) is 5.75. The third-order valence-electron chi connectivity index (χ3n) is 2.70. The lowest BCUT2D eigenvalue weighted by atomic mass is 10.2. The maximum Gasteiger partial charge on any atom is 0.224 e. The van der Waals surface area contributed by atoms with Crippen molar-refractivity contribution in [2.45, 2.75) is 39.3 Å². The van der Waals surface area contributed by atoms with Gasteiger partial charge in [0.05, 0.1) is 0 Å². The minimum atomic E-state index is 0. The fraction of sp³-hybridized carbons (Fsp3) is 0.909. The summed E-state index contributed by atoms with van der Waals surface area (Å²) < 4.78 is 0. The van der Waals surface area contributed by atoms with E-state index in [0.29, 0.717) is 18.5 Å². The van der Waals surface area contributed by atoms with Gasteiger partial charge in [-0.25, -0.2) is 0 Å². The average Bonchev–Trinajstić information content (AvgIpc) is 2.19. The number of rotatable bonds is 4. The zero-order valence-electron chi connectivity index (χ0n) is 10.4. The number of thioether (sulfide) groups is 1. The molecule has 3 nitrogen and oxygen atoms in total. The Kier molecular flexibility index (Phi) is 8.24. The average molecular weight is 267 g/mol. The van der Waals surface area contributed by atoms with Crippen molar-refractivity contribution in [3.63, 3.8) is 0 Å². The third kappa shape index (κ3) is 4.93. The molecule has 16 heavy (non-hydrogen) atoms. The molecule has 0 aliphatic carbocycles. The van der Waals surface area contributed by atoms with Gasteiger partial charge in [-0.05, 0) is 20.8 Å². The van der Waals surface area contributed by atoms with E-state index in [-0.39, 0.29) is 18.3 Å². The molecule has 1 N–H and O–H groups in total. The van der Waals surface area contributed by atoms with Crippen LogP contribution < -0.4 is 5.32 Å². The van der Waals surface area contributed by atoms with Crippen molar-refractivity contribution in [2.24, 2.45) is 0 Å². The van der Waals surface area contributed by atoms with Crippen molar-refractivity contribution < 1.29 is 4.79 Å². The zero-order valence-corrected chi connectivity index (χ0v) is 12.0. The van der Waals surface area contributed by atoms with E-state index in [4.69, 9.17) is 0 Å². The van der Waals surface area contributed by atoms with Crippen LogP contribution in [0, 0.1) is 0 Å². The van der Waals surface area contributed by atoms with Gasteiger partial charge in [0, 0.05) is 43.1 Å². The Balaban J connectivity index is 0.00000225. The molecule has 1 saturated heterocycles. The lowest BCUT2D eigenvalue weighted by molar-refractivity contribution is -0.133. The van der Waals surface area contributed by atoms with E-state index < -0.39 is 0 Å². The highest BCUT2D eigenvalue weighted by Gasteiger charge is 2.21. The van der Waals surface area contributed by atoms with Crippen LogP contribution in [0.2, 0.25) is 0 Å². The highest BCUT2D eigenvalue weighted by Crippen LogP contribution is 2.12. The Morgan fingerprint density at radius 2 is 2.25 bits per heavy atom. The SMILES string of the molecule is CCN(C(=O)CC1CSCCN1)C(C)C.Cl. The molecular formula is C11H23ClN2OS. The molecule has 96 valence electrons. The van der Waals surface area contributed by atoms with Crippen LogP contribution in [0.5, 0.6) is 0 Å². The summed E-state index contributed by atoms with van der Waals surface area (Å²) in [4.78, 5) is 13.9. The molecule has 0 saturated carbocycles. The number of carbonyl (C=O) groups excluding carboxylic acids is 1. The van der Waals surface area contributed by atoms with Gasteiger partial charge in [0.25, 0.3) is 0 Å². The van der Waals surface area contributed by atoms with E-state index in [1.807, 2.05) is 23.6 Å². The van der Waals surface area contributed by atoms with Crippen LogP contribution in [-0.2, 0) is 4.79 Å². The minimum Gasteiger partial charge on any atom is -0.341 e. The largest absolute Gasteiger partial charge is 0.341 e. The predicted octanol–water partition coefficient (Wildman–Crippen LogP) is 1.76. The van der Waals surface area contributed by atoms with Crippen molar-refractivity contribution in [3.8, 4) is 0 Å². The molecule has 0 radical (unpaired) electrons. The Bertz CT molecular complexity index is 208. The van der Waals surface area contributed by atoms with Crippen LogP contribution in [0.25, 0.3) is 0 Å². The van der Waals surface area contributed by atoms with Crippen molar-refractivity contribution in [1.29, 1.82) is 0 Å². The second-order valence-corrected chi connectivity index (χ2v) is 5.35. The Labute approximate surface area is 109 Å². The van der Waals surface area contributed by atoms with Crippen LogP contribution >= 0.6 is 24.2 Å². The number of hydrogen-bond donors (Lipinski definition) is 1. The van der Waals surface area contributed by atoms with Crippen molar-refractivity contribution in [3.05, 3.63) is 0 Å². The van der Waals surface area contributed by atoms with E-state index in [2.05, 4.69) is 19.2 Å². The molecule has 1 aliphatic heterocycles. The molecule has 1 heterocycles. The van der Waals surface area contributed by atoms with Gasteiger partial charge in [-0.15, -0.1) is 12.4 Å². The van der Waals surface area contributed by atoms with Crippen LogP contribution in [-0.4, -0.2) is 47.5 Å². The summed E-state index contributed by atoms with van der Waals surface area (Å²) in [6.45, 7) is 8.04. The molecular weight excluding hydrogens is 244 g/mol. The van der Waals surface area contributed by atoms with Crippen LogP contribution in [0.3, 0.4) is 0 Å². The van der Waals surface area contributed by atoms with Crippen LogP contribution in [0.15, 0.2) is 0 Å². The molecule has 1 atom stereocenters. The summed E-state index contributed by atoms with van der Waals surface area (Å²) in [5.74, 6) is 2.53. The van der Waals surface area contributed by atoms with Gasteiger partial charge in [-0.1, -0.05) is 0 Å². The van der Waals surface area contributed by atoms with Crippen molar-refractivity contribution in [1.82, 2.24) is 10.2 Å². The van der Waals surface area contributed by atoms with Gasteiger partial charge in [-0.2, -0.15) is 11.8 Å². The number of nitrogens with zero attached hydrogens (tertiary/aromatic N) is 1. The Morgan fingerprint density at radius 1 is 1.56 bits per heavy atom. The van der Waals surface area contributed by atoms with E-state index in [1.165, 1.54) is 5.75 Å².